The van der Waals surface area contributed by atoms with E-state index in [0.29, 0.717) is 13.1 Å². The molecule has 1 fully saturated rings. The maximum absolute atomic E-state index is 12.3. The van der Waals surface area contributed by atoms with Crippen LogP contribution in [0.2, 0.25) is 0 Å². The molecular weight excluding hydrogens is 227 g/mol. The molecule has 1 atom stereocenters. The van der Waals surface area contributed by atoms with E-state index in [-0.39, 0.29) is 18.4 Å². The molecule has 0 spiro atoms. The van der Waals surface area contributed by atoms with Crippen molar-refractivity contribution in [1.82, 2.24) is 19.9 Å². The van der Waals surface area contributed by atoms with E-state index in [1.54, 1.807) is 4.68 Å². The molecule has 1 aliphatic heterocycles. The second-order valence-corrected chi connectivity index (χ2v) is 4.17. The Bertz CT molecular complexity index is 393. The number of hydrogen-bond donors (Lipinski definition) is 1. The Labute approximate surface area is 98.0 Å². The lowest BCUT2D eigenvalue weighted by molar-refractivity contribution is 0.0690. The van der Waals surface area contributed by atoms with Crippen LogP contribution in [0, 0.1) is 0 Å². The number of hydrogen-bond acceptors (Lipinski definition) is 4. The Morgan fingerprint density at radius 2 is 2.47 bits per heavy atom. The molecule has 0 aromatic carbocycles. The summed E-state index contributed by atoms with van der Waals surface area (Å²) in [5.41, 5.74) is -0.0485. The van der Waals surface area contributed by atoms with Crippen LogP contribution in [-0.2, 0) is 0 Å². The SMILES string of the molecule is O=C(O)c1cn(C2CCCN(CCF)C2)nn1. The van der Waals surface area contributed by atoms with E-state index in [2.05, 4.69) is 10.3 Å². The summed E-state index contributed by atoms with van der Waals surface area (Å²) < 4.78 is 13.8. The first-order valence-electron chi connectivity index (χ1n) is 5.64. The highest BCUT2D eigenvalue weighted by molar-refractivity contribution is 5.84. The lowest BCUT2D eigenvalue weighted by atomic mass is 10.1. The van der Waals surface area contributed by atoms with Crippen molar-refractivity contribution in [1.29, 1.82) is 0 Å². The first kappa shape index (κ1) is 12.0. The fourth-order valence-corrected chi connectivity index (χ4v) is 2.12. The van der Waals surface area contributed by atoms with Gasteiger partial charge in [0.1, 0.15) is 6.67 Å². The summed E-state index contributed by atoms with van der Waals surface area (Å²) in [5, 5.41) is 16.2. The molecule has 17 heavy (non-hydrogen) atoms. The van der Waals surface area contributed by atoms with Crippen molar-refractivity contribution in [3.63, 3.8) is 0 Å². The third-order valence-corrected chi connectivity index (χ3v) is 2.98. The molecule has 2 heterocycles. The number of aromatic carboxylic acids is 1. The third-order valence-electron chi connectivity index (χ3n) is 2.98. The quantitative estimate of drug-likeness (QED) is 0.836. The number of aromatic nitrogens is 3. The largest absolute Gasteiger partial charge is 0.476 e. The van der Waals surface area contributed by atoms with Gasteiger partial charge < -0.3 is 5.11 Å². The number of rotatable bonds is 4. The fourth-order valence-electron chi connectivity index (χ4n) is 2.12. The number of likely N-dealkylation sites (tertiary alicyclic amines) is 1. The van der Waals surface area contributed by atoms with Crippen molar-refractivity contribution >= 4 is 5.97 Å². The summed E-state index contributed by atoms with van der Waals surface area (Å²) in [6.07, 6.45) is 3.32. The zero-order valence-electron chi connectivity index (χ0n) is 9.42. The van der Waals surface area contributed by atoms with Crippen LogP contribution in [0.3, 0.4) is 0 Å². The van der Waals surface area contributed by atoms with Crippen LogP contribution < -0.4 is 0 Å². The van der Waals surface area contributed by atoms with Crippen LogP contribution in [-0.4, -0.2) is 57.3 Å². The van der Waals surface area contributed by atoms with Gasteiger partial charge >= 0.3 is 5.97 Å². The van der Waals surface area contributed by atoms with E-state index in [1.807, 2.05) is 4.90 Å². The lowest BCUT2D eigenvalue weighted by Crippen LogP contribution is -2.38. The molecule has 0 aliphatic carbocycles. The van der Waals surface area contributed by atoms with Gasteiger partial charge in [-0.25, -0.2) is 13.9 Å². The molecular formula is C10H15FN4O2. The molecule has 0 saturated carbocycles. The molecule has 0 amide bonds. The van der Waals surface area contributed by atoms with Gasteiger partial charge in [0.25, 0.3) is 0 Å². The Kier molecular flexibility index (Phi) is 3.68. The first-order chi connectivity index (χ1) is 8.20. The highest BCUT2D eigenvalue weighted by Crippen LogP contribution is 2.20. The molecule has 1 N–H and O–H groups in total. The van der Waals surface area contributed by atoms with Gasteiger partial charge in [0.2, 0.25) is 0 Å². The molecule has 1 unspecified atom stereocenters. The van der Waals surface area contributed by atoms with E-state index >= 15 is 0 Å². The minimum Gasteiger partial charge on any atom is -0.476 e. The van der Waals surface area contributed by atoms with E-state index in [0.717, 1.165) is 19.4 Å². The topological polar surface area (TPSA) is 71.2 Å². The number of alkyl halides is 1. The van der Waals surface area contributed by atoms with Gasteiger partial charge in [-0.3, -0.25) is 4.90 Å². The van der Waals surface area contributed by atoms with Gasteiger partial charge in [0.05, 0.1) is 12.2 Å². The molecule has 7 heteroatoms. The minimum absolute atomic E-state index is 0.0485. The van der Waals surface area contributed by atoms with Crippen molar-refractivity contribution in [2.24, 2.45) is 0 Å². The van der Waals surface area contributed by atoms with Crippen LogP contribution in [0.25, 0.3) is 0 Å². The number of nitrogens with zero attached hydrogens (tertiary/aromatic N) is 4. The molecule has 2 rings (SSSR count). The zero-order valence-corrected chi connectivity index (χ0v) is 9.42. The molecule has 1 aliphatic rings. The van der Waals surface area contributed by atoms with Gasteiger partial charge in [0, 0.05) is 13.1 Å². The number of carboxylic acids is 1. The standard InChI is InChI=1S/C10H15FN4O2/c11-3-5-14-4-1-2-8(6-14)15-7-9(10(16)17)12-13-15/h7-8H,1-6H2,(H,16,17). The van der Waals surface area contributed by atoms with Gasteiger partial charge in [0.15, 0.2) is 5.69 Å². The first-order valence-corrected chi connectivity index (χ1v) is 5.64. The second kappa shape index (κ2) is 5.22. The number of carbonyl (C=O) groups is 1. The van der Waals surface area contributed by atoms with Crippen molar-refractivity contribution in [2.45, 2.75) is 18.9 Å². The van der Waals surface area contributed by atoms with E-state index in [1.165, 1.54) is 6.20 Å². The predicted molar refractivity (Wildman–Crippen MR) is 57.7 cm³/mol. The number of carboxylic acid groups (broad SMARTS) is 1. The number of piperidine rings is 1. The van der Waals surface area contributed by atoms with Crippen LogP contribution in [0.5, 0.6) is 0 Å². The van der Waals surface area contributed by atoms with Gasteiger partial charge in [-0.15, -0.1) is 5.10 Å². The summed E-state index contributed by atoms with van der Waals surface area (Å²) in [6.45, 7) is 1.66. The van der Waals surface area contributed by atoms with Crippen molar-refractivity contribution < 1.29 is 14.3 Å². The molecule has 6 nitrogen and oxygen atoms in total. The second-order valence-electron chi connectivity index (χ2n) is 4.17. The highest BCUT2D eigenvalue weighted by Gasteiger charge is 2.22. The molecule has 1 saturated heterocycles. The van der Waals surface area contributed by atoms with Crippen LogP contribution in [0.1, 0.15) is 29.4 Å². The van der Waals surface area contributed by atoms with Gasteiger partial charge in [-0.1, -0.05) is 5.21 Å². The minimum atomic E-state index is -1.08. The molecule has 0 radical (unpaired) electrons. The third kappa shape index (κ3) is 2.79. The van der Waals surface area contributed by atoms with Crippen molar-refractivity contribution in [3.8, 4) is 0 Å². The lowest BCUT2D eigenvalue weighted by Gasteiger charge is -2.31. The normalized spacial score (nSPS) is 21.6. The Balaban J connectivity index is 2.02. The molecule has 94 valence electrons. The summed E-state index contributed by atoms with van der Waals surface area (Å²) in [5.74, 6) is -1.08. The van der Waals surface area contributed by atoms with Gasteiger partial charge in [-0.2, -0.15) is 0 Å². The summed E-state index contributed by atoms with van der Waals surface area (Å²) in [4.78, 5) is 12.7. The maximum Gasteiger partial charge on any atom is 0.358 e. The average molecular weight is 242 g/mol. The Morgan fingerprint density at radius 1 is 1.65 bits per heavy atom. The van der Waals surface area contributed by atoms with Crippen molar-refractivity contribution in [2.75, 3.05) is 26.3 Å². The Morgan fingerprint density at radius 3 is 3.12 bits per heavy atom. The van der Waals surface area contributed by atoms with Crippen LogP contribution in [0.15, 0.2) is 6.20 Å². The summed E-state index contributed by atoms with van der Waals surface area (Å²) in [6, 6.07) is 0.0934. The van der Waals surface area contributed by atoms with Crippen LogP contribution >= 0.6 is 0 Å². The maximum atomic E-state index is 12.3. The average Bonchev–Trinajstić information content (AvgIpc) is 2.79. The van der Waals surface area contributed by atoms with E-state index in [4.69, 9.17) is 5.11 Å². The zero-order chi connectivity index (χ0) is 12.3. The molecule has 1 aromatic rings. The molecule has 1 aromatic heterocycles. The Hall–Kier alpha value is -1.50. The molecule has 0 bridgehead atoms. The monoisotopic (exact) mass is 242 g/mol. The summed E-state index contributed by atoms with van der Waals surface area (Å²) in [7, 11) is 0. The van der Waals surface area contributed by atoms with Gasteiger partial charge in [-0.05, 0) is 19.4 Å². The predicted octanol–water partition coefficient (Wildman–Crippen LogP) is 0.583. The van der Waals surface area contributed by atoms with E-state index < -0.39 is 5.97 Å². The number of halogens is 1. The fraction of sp³-hybridized carbons (Fsp3) is 0.700. The summed E-state index contributed by atoms with van der Waals surface area (Å²) >= 11 is 0. The van der Waals surface area contributed by atoms with E-state index in [9.17, 15) is 9.18 Å². The highest BCUT2D eigenvalue weighted by atomic mass is 19.1. The smallest absolute Gasteiger partial charge is 0.358 e. The van der Waals surface area contributed by atoms with Crippen molar-refractivity contribution in [3.05, 3.63) is 11.9 Å². The van der Waals surface area contributed by atoms with Crippen LogP contribution in [0.4, 0.5) is 4.39 Å².